The summed E-state index contributed by atoms with van der Waals surface area (Å²) in [6, 6.07) is 0. The Morgan fingerprint density at radius 3 is 2.69 bits per heavy atom. The molecule has 1 heterocycles. The van der Waals surface area contributed by atoms with Crippen molar-refractivity contribution >= 4 is 23.1 Å². The zero-order chi connectivity index (χ0) is 12.0. The smallest absolute Gasteiger partial charge is 0.229 e. The first-order chi connectivity index (χ1) is 7.61. The minimum atomic E-state index is -0.359. The van der Waals surface area contributed by atoms with E-state index in [1.54, 1.807) is 6.92 Å². The maximum Gasteiger partial charge on any atom is 0.229 e. The number of carbonyl (C=O) groups is 1. The van der Waals surface area contributed by atoms with Crippen LogP contribution in [0.1, 0.15) is 26.2 Å². The van der Waals surface area contributed by atoms with Crippen LogP contribution in [0.2, 0.25) is 0 Å². The Kier molecular flexibility index (Phi) is 5.69. The van der Waals surface area contributed by atoms with E-state index in [-0.39, 0.29) is 16.8 Å². The summed E-state index contributed by atoms with van der Waals surface area (Å²) in [6.45, 7) is 5.93. The third-order valence-corrected chi connectivity index (χ3v) is 3.32. The largest absolute Gasteiger partial charge is 0.393 e. The third-order valence-electron chi connectivity index (χ3n) is 2.97. The van der Waals surface area contributed by atoms with Gasteiger partial charge >= 0.3 is 0 Å². The van der Waals surface area contributed by atoms with Crippen molar-refractivity contribution in [2.45, 2.75) is 26.2 Å². The number of nitrogens with two attached hydrogens (primary N) is 1. The quantitative estimate of drug-likeness (QED) is 0.527. The molecule has 0 bridgehead atoms. The van der Waals surface area contributed by atoms with Gasteiger partial charge in [-0.2, -0.15) is 0 Å². The average molecular weight is 243 g/mol. The fourth-order valence-corrected chi connectivity index (χ4v) is 1.91. The van der Waals surface area contributed by atoms with E-state index >= 15 is 0 Å². The van der Waals surface area contributed by atoms with Crippen molar-refractivity contribution in [2.75, 3.05) is 26.2 Å². The number of amides is 1. The van der Waals surface area contributed by atoms with Crippen molar-refractivity contribution in [1.29, 1.82) is 0 Å². The van der Waals surface area contributed by atoms with Gasteiger partial charge in [0.15, 0.2) is 0 Å². The molecule has 1 saturated heterocycles. The minimum Gasteiger partial charge on any atom is -0.393 e. The van der Waals surface area contributed by atoms with E-state index < -0.39 is 0 Å². The fourth-order valence-electron chi connectivity index (χ4n) is 1.80. The number of likely N-dealkylation sites (tertiary alicyclic amines) is 1. The average Bonchev–Trinajstić information content (AvgIpc) is 2.75. The Morgan fingerprint density at radius 1 is 1.50 bits per heavy atom. The molecule has 1 unspecified atom stereocenters. The van der Waals surface area contributed by atoms with E-state index in [1.807, 2.05) is 0 Å². The normalized spacial score (nSPS) is 18.3. The summed E-state index contributed by atoms with van der Waals surface area (Å²) >= 11 is 4.77. The lowest BCUT2D eigenvalue weighted by Crippen LogP contribution is -2.37. The number of carbonyl (C=O) groups excluding carboxylic acids is 1. The molecule has 0 aliphatic carbocycles. The maximum atomic E-state index is 11.5. The van der Waals surface area contributed by atoms with Crippen LogP contribution < -0.4 is 11.1 Å². The SMILES string of the molecule is CC(C(=O)NCCCN1CCCC1)C(N)=S. The number of hydrogen-bond donors (Lipinski definition) is 2. The summed E-state index contributed by atoms with van der Waals surface area (Å²) in [6.07, 6.45) is 3.62. The van der Waals surface area contributed by atoms with Crippen LogP contribution in [-0.4, -0.2) is 42.0 Å². The molecule has 1 rings (SSSR count). The fraction of sp³-hybridized carbons (Fsp3) is 0.818. The summed E-state index contributed by atoms with van der Waals surface area (Å²) < 4.78 is 0. The molecule has 0 aromatic heterocycles. The first kappa shape index (κ1) is 13.4. The second-order valence-electron chi connectivity index (χ2n) is 4.32. The van der Waals surface area contributed by atoms with Gasteiger partial charge in [-0.25, -0.2) is 0 Å². The molecule has 5 heteroatoms. The number of nitrogens with one attached hydrogen (secondary N) is 1. The van der Waals surface area contributed by atoms with E-state index in [4.69, 9.17) is 18.0 Å². The molecule has 1 amide bonds. The van der Waals surface area contributed by atoms with Gasteiger partial charge < -0.3 is 16.0 Å². The van der Waals surface area contributed by atoms with Crippen LogP contribution in [0.5, 0.6) is 0 Å². The standard InChI is InChI=1S/C11H21N3OS/c1-9(10(12)16)11(15)13-5-4-8-14-6-2-3-7-14/h9H,2-8H2,1H3,(H2,12,16)(H,13,15). The van der Waals surface area contributed by atoms with Crippen LogP contribution in [0, 0.1) is 5.92 Å². The van der Waals surface area contributed by atoms with Crippen molar-refractivity contribution in [3.05, 3.63) is 0 Å². The molecule has 1 fully saturated rings. The summed E-state index contributed by atoms with van der Waals surface area (Å²) in [4.78, 5) is 14.2. The molecule has 0 saturated carbocycles. The van der Waals surface area contributed by atoms with E-state index in [9.17, 15) is 4.79 Å². The Balaban J connectivity index is 2.06. The third kappa shape index (κ3) is 4.45. The summed E-state index contributed by atoms with van der Waals surface area (Å²) in [7, 11) is 0. The van der Waals surface area contributed by atoms with Gasteiger partial charge in [-0.15, -0.1) is 0 Å². The molecule has 0 spiro atoms. The lowest BCUT2D eigenvalue weighted by atomic mass is 10.1. The number of rotatable bonds is 6. The highest BCUT2D eigenvalue weighted by Gasteiger charge is 2.15. The van der Waals surface area contributed by atoms with Crippen molar-refractivity contribution in [2.24, 2.45) is 11.7 Å². The van der Waals surface area contributed by atoms with Crippen LogP contribution in [0.3, 0.4) is 0 Å². The molecule has 3 N–H and O–H groups in total. The molecule has 4 nitrogen and oxygen atoms in total. The van der Waals surface area contributed by atoms with Gasteiger partial charge in [0.05, 0.1) is 10.9 Å². The van der Waals surface area contributed by atoms with E-state index in [1.165, 1.54) is 25.9 Å². The number of hydrogen-bond acceptors (Lipinski definition) is 3. The molecule has 1 aliphatic rings. The minimum absolute atomic E-state index is 0.0612. The first-order valence-electron chi connectivity index (χ1n) is 5.90. The highest BCUT2D eigenvalue weighted by molar-refractivity contribution is 7.80. The first-order valence-corrected chi connectivity index (χ1v) is 6.31. The Labute approximate surface area is 103 Å². The molecule has 1 aliphatic heterocycles. The van der Waals surface area contributed by atoms with Crippen LogP contribution in [0.25, 0.3) is 0 Å². The van der Waals surface area contributed by atoms with Crippen LogP contribution in [0.4, 0.5) is 0 Å². The van der Waals surface area contributed by atoms with Gasteiger partial charge in [-0.05, 0) is 45.8 Å². The zero-order valence-corrected chi connectivity index (χ0v) is 10.7. The summed E-state index contributed by atoms with van der Waals surface area (Å²) in [5.41, 5.74) is 5.40. The van der Waals surface area contributed by atoms with Gasteiger partial charge in [0, 0.05) is 6.54 Å². The Morgan fingerprint density at radius 2 is 2.12 bits per heavy atom. The van der Waals surface area contributed by atoms with Crippen molar-refractivity contribution in [3.63, 3.8) is 0 Å². The van der Waals surface area contributed by atoms with Crippen molar-refractivity contribution < 1.29 is 4.79 Å². The van der Waals surface area contributed by atoms with E-state index in [0.29, 0.717) is 6.54 Å². The molecule has 16 heavy (non-hydrogen) atoms. The zero-order valence-electron chi connectivity index (χ0n) is 9.87. The molecule has 92 valence electrons. The second kappa shape index (κ2) is 6.81. The maximum absolute atomic E-state index is 11.5. The van der Waals surface area contributed by atoms with E-state index in [2.05, 4.69) is 10.2 Å². The molecular weight excluding hydrogens is 222 g/mol. The highest BCUT2D eigenvalue weighted by Crippen LogP contribution is 2.06. The van der Waals surface area contributed by atoms with Gasteiger partial charge in [0.1, 0.15) is 0 Å². The molecule has 0 aromatic carbocycles. The lowest BCUT2D eigenvalue weighted by Gasteiger charge is -2.15. The second-order valence-corrected chi connectivity index (χ2v) is 4.79. The Bertz CT molecular complexity index is 252. The molecular formula is C11H21N3OS. The van der Waals surface area contributed by atoms with Gasteiger partial charge in [0.2, 0.25) is 5.91 Å². The highest BCUT2D eigenvalue weighted by atomic mass is 32.1. The van der Waals surface area contributed by atoms with Crippen LogP contribution >= 0.6 is 12.2 Å². The van der Waals surface area contributed by atoms with Crippen molar-refractivity contribution in [1.82, 2.24) is 10.2 Å². The van der Waals surface area contributed by atoms with E-state index in [0.717, 1.165) is 13.0 Å². The predicted octanol–water partition coefficient (Wildman–Crippen LogP) is 0.511. The summed E-state index contributed by atoms with van der Waals surface area (Å²) in [5.74, 6) is -0.421. The molecule has 0 radical (unpaired) electrons. The van der Waals surface area contributed by atoms with Gasteiger partial charge in [-0.1, -0.05) is 12.2 Å². The Hall–Kier alpha value is -0.680. The van der Waals surface area contributed by atoms with Gasteiger partial charge in [0.25, 0.3) is 0 Å². The number of thiocarbonyl (C=S) groups is 1. The van der Waals surface area contributed by atoms with Crippen LogP contribution in [0.15, 0.2) is 0 Å². The summed E-state index contributed by atoms with van der Waals surface area (Å²) in [5, 5.41) is 2.85. The van der Waals surface area contributed by atoms with Crippen LogP contribution in [-0.2, 0) is 4.79 Å². The van der Waals surface area contributed by atoms with Crippen molar-refractivity contribution in [3.8, 4) is 0 Å². The molecule has 1 atom stereocenters. The predicted molar refractivity (Wildman–Crippen MR) is 69.3 cm³/mol. The monoisotopic (exact) mass is 243 g/mol. The lowest BCUT2D eigenvalue weighted by molar-refractivity contribution is -0.122. The van der Waals surface area contributed by atoms with Gasteiger partial charge in [-0.3, -0.25) is 4.79 Å². The molecule has 0 aromatic rings. The topological polar surface area (TPSA) is 58.4 Å². The number of nitrogens with zero attached hydrogens (tertiary/aromatic N) is 1.